The molecule has 2 atom stereocenters. The fourth-order valence-electron chi connectivity index (χ4n) is 1.95. The van der Waals surface area contributed by atoms with E-state index in [1.54, 1.807) is 20.8 Å². The van der Waals surface area contributed by atoms with Gasteiger partial charge in [0.1, 0.15) is 11.8 Å². The van der Waals surface area contributed by atoms with Gasteiger partial charge in [-0.2, -0.15) is 0 Å². The largest absolute Gasteiger partial charge is 0.481 e. The number of aliphatic carboxylic acids is 2. The summed E-state index contributed by atoms with van der Waals surface area (Å²) in [6.45, 7) is 5.08. The van der Waals surface area contributed by atoms with E-state index in [2.05, 4.69) is 15.8 Å². The summed E-state index contributed by atoms with van der Waals surface area (Å²) in [4.78, 5) is 33.1. The van der Waals surface area contributed by atoms with Gasteiger partial charge in [0, 0.05) is 5.56 Å². The molecule has 116 valence electrons. The second-order valence-corrected chi connectivity index (χ2v) is 4.57. The number of hydrogen-bond acceptors (Lipinski definition) is 5. The van der Waals surface area contributed by atoms with Gasteiger partial charge in [-0.3, -0.25) is 4.79 Å². The molecular formula is C12H17N3O6. The third-order valence-corrected chi connectivity index (χ3v) is 2.85. The average molecular weight is 299 g/mol. The van der Waals surface area contributed by atoms with Crippen molar-refractivity contribution >= 4 is 18.0 Å². The van der Waals surface area contributed by atoms with E-state index in [-0.39, 0.29) is 0 Å². The minimum absolute atomic E-state index is 0.462. The number of carbonyl (C=O) groups is 3. The zero-order valence-electron chi connectivity index (χ0n) is 11.8. The van der Waals surface area contributed by atoms with Crippen LogP contribution in [0.5, 0.6) is 0 Å². The number of carbonyl (C=O) groups excluding carboxylic acids is 1. The van der Waals surface area contributed by atoms with Crippen molar-refractivity contribution in [3.63, 3.8) is 0 Å². The van der Waals surface area contributed by atoms with Crippen molar-refractivity contribution in [3.05, 3.63) is 17.0 Å². The quantitative estimate of drug-likeness (QED) is 0.601. The Morgan fingerprint density at radius 3 is 2.29 bits per heavy atom. The highest BCUT2D eigenvalue weighted by molar-refractivity contribution is 5.86. The monoisotopic (exact) mass is 299 g/mol. The van der Waals surface area contributed by atoms with E-state index < -0.39 is 36.5 Å². The van der Waals surface area contributed by atoms with Crippen molar-refractivity contribution in [2.75, 3.05) is 0 Å². The summed E-state index contributed by atoms with van der Waals surface area (Å²) >= 11 is 0. The lowest BCUT2D eigenvalue weighted by molar-refractivity contribution is -0.145. The second-order valence-electron chi connectivity index (χ2n) is 4.57. The van der Waals surface area contributed by atoms with Crippen molar-refractivity contribution < 1.29 is 29.1 Å². The number of hydrogen-bond donors (Lipinski definition) is 4. The van der Waals surface area contributed by atoms with Crippen LogP contribution in [0, 0.1) is 13.8 Å². The number of aryl methyl sites for hydroxylation is 2. The molecular weight excluding hydrogens is 282 g/mol. The lowest BCUT2D eigenvalue weighted by Crippen LogP contribution is -2.47. The van der Waals surface area contributed by atoms with E-state index in [1.807, 2.05) is 0 Å². The maximum Gasteiger partial charge on any atom is 0.326 e. The van der Waals surface area contributed by atoms with Gasteiger partial charge in [0.25, 0.3) is 0 Å². The molecule has 2 unspecified atom stereocenters. The smallest absolute Gasteiger partial charge is 0.326 e. The van der Waals surface area contributed by atoms with Crippen LogP contribution < -0.4 is 10.6 Å². The van der Waals surface area contributed by atoms with Crippen LogP contribution in [0.1, 0.15) is 36.4 Å². The van der Waals surface area contributed by atoms with Crippen molar-refractivity contribution in [2.45, 2.75) is 39.3 Å². The Kier molecular flexibility index (Phi) is 5.28. The molecule has 0 saturated carbocycles. The first-order valence-corrected chi connectivity index (χ1v) is 6.16. The SMILES string of the molecule is Cc1noc(C)c1C(C)NC(=O)NC(CC(=O)O)C(=O)O. The first-order chi connectivity index (χ1) is 9.72. The Labute approximate surface area is 120 Å². The Bertz CT molecular complexity index is 534. The Hall–Kier alpha value is -2.58. The van der Waals surface area contributed by atoms with Crippen LogP contribution in [-0.4, -0.2) is 39.4 Å². The molecule has 1 heterocycles. The standard InChI is InChI=1S/C12H17N3O6/c1-5(10-6(2)15-21-7(10)3)13-12(20)14-8(11(18)19)4-9(16)17/h5,8H,4H2,1-3H3,(H,16,17)(H,18,19)(H2,13,14,20). The highest BCUT2D eigenvalue weighted by atomic mass is 16.5. The lowest BCUT2D eigenvalue weighted by atomic mass is 10.1. The summed E-state index contributed by atoms with van der Waals surface area (Å²) in [7, 11) is 0. The normalized spacial score (nSPS) is 13.3. The molecule has 1 aromatic rings. The summed E-state index contributed by atoms with van der Waals surface area (Å²) in [5.74, 6) is -2.19. The van der Waals surface area contributed by atoms with Gasteiger partial charge in [0.15, 0.2) is 0 Å². The zero-order valence-corrected chi connectivity index (χ0v) is 11.8. The van der Waals surface area contributed by atoms with Gasteiger partial charge < -0.3 is 25.4 Å². The number of urea groups is 1. The van der Waals surface area contributed by atoms with E-state index in [9.17, 15) is 14.4 Å². The van der Waals surface area contributed by atoms with Gasteiger partial charge in [-0.15, -0.1) is 0 Å². The van der Waals surface area contributed by atoms with Crippen LogP contribution >= 0.6 is 0 Å². The van der Waals surface area contributed by atoms with Crippen molar-refractivity contribution in [3.8, 4) is 0 Å². The molecule has 4 N–H and O–H groups in total. The number of rotatable bonds is 6. The van der Waals surface area contributed by atoms with Gasteiger partial charge in [0.05, 0.1) is 18.2 Å². The van der Waals surface area contributed by atoms with Crippen LogP contribution in [0.2, 0.25) is 0 Å². The molecule has 0 aromatic carbocycles. The second kappa shape index (κ2) is 6.73. The van der Waals surface area contributed by atoms with E-state index in [0.717, 1.165) is 0 Å². The number of carboxylic acid groups (broad SMARTS) is 2. The number of aromatic nitrogens is 1. The predicted octanol–water partition coefficient (Wildman–Crippen LogP) is 0.580. The van der Waals surface area contributed by atoms with E-state index in [1.165, 1.54) is 0 Å². The summed E-state index contributed by atoms with van der Waals surface area (Å²) < 4.78 is 4.98. The molecule has 0 aliphatic rings. The Balaban J connectivity index is 2.68. The predicted molar refractivity (Wildman–Crippen MR) is 69.7 cm³/mol. The minimum atomic E-state index is -1.50. The van der Waals surface area contributed by atoms with Gasteiger partial charge in [-0.1, -0.05) is 5.16 Å². The molecule has 21 heavy (non-hydrogen) atoms. The maximum atomic E-state index is 11.7. The van der Waals surface area contributed by atoms with Crippen LogP contribution in [0.15, 0.2) is 4.52 Å². The molecule has 0 bridgehead atoms. The van der Waals surface area contributed by atoms with Crippen LogP contribution in [0.25, 0.3) is 0 Å². The Morgan fingerprint density at radius 2 is 1.86 bits per heavy atom. The fraction of sp³-hybridized carbons (Fsp3) is 0.500. The molecule has 1 rings (SSSR count). The fourth-order valence-corrected chi connectivity index (χ4v) is 1.95. The topological polar surface area (TPSA) is 142 Å². The molecule has 0 aliphatic heterocycles. The van der Waals surface area contributed by atoms with Crippen LogP contribution in [0.4, 0.5) is 4.79 Å². The summed E-state index contributed by atoms with van der Waals surface area (Å²) in [6.07, 6.45) is -0.706. The minimum Gasteiger partial charge on any atom is -0.481 e. The van der Waals surface area contributed by atoms with Gasteiger partial charge in [0.2, 0.25) is 0 Å². The third kappa shape index (κ3) is 4.48. The number of carboxylic acids is 2. The van der Waals surface area contributed by atoms with Gasteiger partial charge in [-0.05, 0) is 20.8 Å². The molecule has 9 heteroatoms. The van der Waals surface area contributed by atoms with E-state index in [4.69, 9.17) is 14.7 Å². The molecule has 9 nitrogen and oxygen atoms in total. The summed E-state index contributed by atoms with van der Waals surface area (Å²) in [6, 6.07) is -2.74. The van der Waals surface area contributed by atoms with Gasteiger partial charge >= 0.3 is 18.0 Å². The number of nitrogens with zero attached hydrogens (tertiary/aromatic N) is 1. The van der Waals surface area contributed by atoms with E-state index >= 15 is 0 Å². The molecule has 2 amide bonds. The number of amides is 2. The van der Waals surface area contributed by atoms with Crippen molar-refractivity contribution in [1.29, 1.82) is 0 Å². The van der Waals surface area contributed by atoms with E-state index in [0.29, 0.717) is 17.0 Å². The molecule has 0 aliphatic carbocycles. The highest BCUT2D eigenvalue weighted by Crippen LogP contribution is 2.20. The zero-order chi connectivity index (χ0) is 16.2. The molecule has 0 fully saturated rings. The molecule has 0 spiro atoms. The van der Waals surface area contributed by atoms with Crippen LogP contribution in [0.3, 0.4) is 0 Å². The van der Waals surface area contributed by atoms with Crippen LogP contribution in [-0.2, 0) is 9.59 Å². The molecule has 0 saturated heterocycles. The Morgan fingerprint density at radius 1 is 1.24 bits per heavy atom. The average Bonchev–Trinajstić information content (AvgIpc) is 2.67. The first kappa shape index (κ1) is 16.5. The summed E-state index contributed by atoms with van der Waals surface area (Å²) in [5, 5.41) is 25.8. The van der Waals surface area contributed by atoms with Crippen molar-refractivity contribution in [1.82, 2.24) is 15.8 Å². The first-order valence-electron chi connectivity index (χ1n) is 6.16. The van der Waals surface area contributed by atoms with Gasteiger partial charge in [-0.25, -0.2) is 9.59 Å². The lowest BCUT2D eigenvalue weighted by Gasteiger charge is -2.17. The molecule has 1 aromatic heterocycles. The number of nitrogens with one attached hydrogen (secondary N) is 2. The third-order valence-electron chi connectivity index (χ3n) is 2.85. The maximum absolute atomic E-state index is 11.7. The molecule has 0 radical (unpaired) electrons. The summed E-state index contributed by atoms with van der Waals surface area (Å²) in [5.41, 5.74) is 1.30. The van der Waals surface area contributed by atoms with Crippen molar-refractivity contribution in [2.24, 2.45) is 0 Å². The highest BCUT2D eigenvalue weighted by Gasteiger charge is 2.24.